The molecular weight excluding hydrogens is 342 g/mol. The highest BCUT2D eigenvalue weighted by Gasteiger charge is 2.20. The van der Waals surface area contributed by atoms with E-state index in [4.69, 9.17) is 10.6 Å². The third-order valence-corrected chi connectivity index (χ3v) is 4.52. The van der Waals surface area contributed by atoms with Gasteiger partial charge < -0.3 is 4.74 Å². The summed E-state index contributed by atoms with van der Waals surface area (Å²) in [4.78, 5) is 4.48. The van der Waals surface area contributed by atoms with E-state index in [0.29, 0.717) is 13.2 Å². The summed E-state index contributed by atoms with van der Waals surface area (Å²) >= 11 is 5.18. The van der Waals surface area contributed by atoms with Crippen molar-refractivity contribution in [2.24, 2.45) is 5.84 Å². The van der Waals surface area contributed by atoms with Crippen molar-refractivity contribution in [3.8, 4) is 0 Å². The van der Waals surface area contributed by atoms with Gasteiger partial charge in [-0.25, -0.2) is 4.98 Å². The van der Waals surface area contributed by atoms with Gasteiger partial charge in [0.1, 0.15) is 0 Å². The second kappa shape index (κ2) is 7.28. The van der Waals surface area contributed by atoms with Gasteiger partial charge >= 0.3 is 0 Å². The molecule has 110 valence electrons. The lowest BCUT2D eigenvalue weighted by Gasteiger charge is -2.17. The number of halogens is 1. The van der Waals surface area contributed by atoms with Gasteiger partial charge in [0.25, 0.3) is 0 Å². The summed E-state index contributed by atoms with van der Waals surface area (Å²) in [6, 6.07) is -0.0470. The number of thiazole rings is 1. The minimum Gasteiger partial charge on any atom is -0.383 e. The second-order valence-corrected chi connectivity index (χ2v) is 6.20. The third kappa shape index (κ3) is 3.64. The van der Waals surface area contributed by atoms with Gasteiger partial charge in [-0.2, -0.15) is 5.10 Å². The van der Waals surface area contributed by atoms with Gasteiger partial charge in [0, 0.05) is 24.6 Å². The highest BCUT2D eigenvalue weighted by atomic mass is 79.9. The van der Waals surface area contributed by atoms with E-state index in [9.17, 15) is 0 Å². The summed E-state index contributed by atoms with van der Waals surface area (Å²) in [5.41, 5.74) is 4.90. The summed E-state index contributed by atoms with van der Waals surface area (Å²) in [5.74, 6) is 5.72. The number of aromatic nitrogens is 3. The van der Waals surface area contributed by atoms with Crippen LogP contribution in [0, 0.1) is 6.92 Å². The van der Waals surface area contributed by atoms with Crippen LogP contribution in [0.2, 0.25) is 0 Å². The van der Waals surface area contributed by atoms with Crippen molar-refractivity contribution in [1.29, 1.82) is 0 Å². The van der Waals surface area contributed by atoms with Crippen molar-refractivity contribution in [2.75, 3.05) is 13.7 Å². The molecule has 0 aliphatic carbocycles. The highest BCUT2D eigenvalue weighted by molar-refractivity contribution is 9.10. The molecule has 20 heavy (non-hydrogen) atoms. The first kappa shape index (κ1) is 15.6. The Morgan fingerprint density at radius 2 is 2.40 bits per heavy atom. The molecular formula is C12H18BrN5OS. The van der Waals surface area contributed by atoms with Crippen LogP contribution in [0.5, 0.6) is 0 Å². The minimum absolute atomic E-state index is 0.0470. The molecule has 0 aliphatic heterocycles. The largest absolute Gasteiger partial charge is 0.383 e. The summed E-state index contributed by atoms with van der Waals surface area (Å²) in [6.45, 7) is 3.28. The van der Waals surface area contributed by atoms with Gasteiger partial charge in [-0.15, -0.1) is 11.3 Å². The zero-order valence-corrected chi connectivity index (χ0v) is 13.9. The van der Waals surface area contributed by atoms with Crippen LogP contribution >= 0.6 is 27.3 Å². The summed E-state index contributed by atoms with van der Waals surface area (Å²) < 4.78 is 7.94. The van der Waals surface area contributed by atoms with E-state index in [1.54, 1.807) is 24.6 Å². The first-order chi connectivity index (χ1) is 9.65. The van der Waals surface area contributed by atoms with Gasteiger partial charge in [-0.05, 0) is 22.9 Å². The number of nitrogens with zero attached hydrogens (tertiary/aromatic N) is 3. The Morgan fingerprint density at radius 1 is 1.60 bits per heavy atom. The fraction of sp³-hybridized carbons (Fsp3) is 0.500. The highest BCUT2D eigenvalue weighted by Crippen LogP contribution is 2.26. The molecule has 0 bridgehead atoms. The van der Waals surface area contributed by atoms with E-state index in [1.807, 2.05) is 17.0 Å². The van der Waals surface area contributed by atoms with Crippen molar-refractivity contribution in [1.82, 2.24) is 20.2 Å². The normalized spacial score (nSPS) is 12.8. The number of hydrazine groups is 1. The van der Waals surface area contributed by atoms with Crippen LogP contribution in [0.15, 0.2) is 16.0 Å². The first-order valence-corrected chi connectivity index (χ1v) is 7.90. The average Bonchev–Trinajstić information content (AvgIpc) is 3.00. The zero-order valence-electron chi connectivity index (χ0n) is 11.5. The number of rotatable bonds is 7. The second-order valence-electron chi connectivity index (χ2n) is 4.40. The molecule has 2 rings (SSSR count). The lowest BCUT2D eigenvalue weighted by molar-refractivity contribution is 0.181. The first-order valence-electron chi connectivity index (χ1n) is 6.23. The molecule has 0 saturated heterocycles. The predicted octanol–water partition coefficient (Wildman–Crippen LogP) is 1.80. The van der Waals surface area contributed by atoms with Gasteiger partial charge in [0.2, 0.25) is 0 Å². The van der Waals surface area contributed by atoms with Gasteiger partial charge in [0.15, 0.2) is 0 Å². The summed E-state index contributed by atoms with van der Waals surface area (Å²) in [6.07, 6.45) is 2.51. The average molecular weight is 360 g/mol. The molecule has 0 aromatic carbocycles. The lowest BCUT2D eigenvalue weighted by Crippen LogP contribution is -2.32. The molecule has 2 heterocycles. The van der Waals surface area contributed by atoms with Crippen molar-refractivity contribution in [3.63, 3.8) is 0 Å². The SMILES string of the molecule is COCCn1ncc(Br)c1C(Cc1nc(C)cs1)NN. The number of ether oxygens (including phenoxy) is 1. The number of methoxy groups -OCH3 is 1. The Labute approximate surface area is 130 Å². The maximum Gasteiger partial charge on any atom is 0.0948 e. The van der Waals surface area contributed by atoms with Crippen molar-refractivity contribution < 1.29 is 4.74 Å². The van der Waals surface area contributed by atoms with Crippen LogP contribution in [0.4, 0.5) is 0 Å². The van der Waals surface area contributed by atoms with E-state index in [0.717, 1.165) is 27.3 Å². The lowest BCUT2D eigenvalue weighted by atomic mass is 10.1. The Hall–Kier alpha value is -0.800. The molecule has 8 heteroatoms. The fourth-order valence-corrected chi connectivity index (χ4v) is 3.37. The number of nitrogens with two attached hydrogens (primary N) is 1. The molecule has 3 N–H and O–H groups in total. The molecule has 0 saturated carbocycles. The molecule has 6 nitrogen and oxygen atoms in total. The van der Waals surface area contributed by atoms with E-state index >= 15 is 0 Å². The zero-order chi connectivity index (χ0) is 14.5. The van der Waals surface area contributed by atoms with E-state index in [2.05, 4.69) is 31.4 Å². The molecule has 0 spiro atoms. The number of nitrogens with one attached hydrogen (secondary N) is 1. The number of hydrogen-bond acceptors (Lipinski definition) is 6. The third-order valence-electron chi connectivity index (χ3n) is 2.92. The predicted molar refractivity (Wildman–Crippen MR) is 82.4 cm³/mol. The molecule has 0 radical (unpaired) electrons. The number of aryl methyl sites for hydroxylation is 1. The molecule has 0 aliphatic rings. The van der Waals surface area contributed by atoms with Crippen molar-refractivity contribution in [3.05, 3.63) is 32.4 Å². The quantitative estimate of drug-likeness (QED) is 0.582. The fourth-order valence-electron chi connectivity index (χ4n) is 1.98. The molecule has 1 atom stereocenters. The van der Waals surface area contributed by atoms with Gasteiger partial charge in [-0.1, -0.05) is 0 Å². The van der Waals surface area contributed by atoms with Crippen LogP contribution in [0.1, 0.15) is 22.4 Å². The van der Waals surface area contributed by atoms with Crippen molar-refractivity contribution >= 4 is 27.3 Å². The van der Waals surface area contributed by atoms with Crippen LogP contribution in [0.3, 0.4) is 0 Å². The molecule has 0 fully saturated rings. The molecule has 2 aromatic rings. The molecule has 1 unspecified atom stereocenters. The van der Waals surface area contributed by atoms with Crippen LogP contribution in [-0.4, -0.2) is 28.5 Å². The van der Waals surface area contributed by atoms with E-state index < -0.39 is 0 Å². The summed E-state index contributed by atoms with van der Waals surface area (Å²) in [5, 5.41) is 7.44. The van der Waals surface area contributed by atoms with Crippen LogP contribution in [-0.2, 0) is 17.7 Å². The topological polar surface area (TPSA) is 78.0 Å². The van der Waals surface area contributed by atoms with Crippen molar-refractivity contribution in [2.45, 2.75) is 25.9 Å². The minimum atomic E-state index is -0.0470. The maximum absolute atomic E-state index is 5.72. The monoisotopic (exact) mass is 359 g/mol. The smallest absolute Gasteiger partial charge is 0.0948 e. The van der Waals surface area contributed by atoms with Gasteiger partial charge in [-0.3, -0.25) is 16.0 Å². The summed E-state index contributed by atoms with van der Waals surface area (Å²) in [7, 11) is 1.68. The Bertz CT molecular complexity index is 556. The molecule has 2 aromatic heterocycles. The Kier molecular flexibility index (Phi) is 5.67. The van der Waals surface area contributed by atoms with Crippen LogP contribution < -0.4 is 11.3 Å². The molecule has 0 amide bonds. The van der Waals surface area contributed by atoms with E-state index in [-0.39, 0.29) is 6.04 Å². The van der Waals surface area contributed by atoms with E-state index in [1.165, 1.54) is 0 Å². The van der Waals surface area contributed by atoms with Crippen LogP contribution in [0.25, 0.3) is 0 Å². The Balaban J connectivity index is 2.20. The standard InChI is InChI=1S/C12H18BrN5OS/c1-8-7-20-11(16-8)5-10(17-14)12-9(13)6-15-18(12)3-4-19-2/h6-7,10,17H,3-5,14H2,1-2H3. The van der Waals surface area contributed by atoms with Gasteiger partial charge in [0.05, 0.1) is 40.6 Å². The number of hydrogen-bond donors (Lipinski definition) is 2. The maximum atomic E-state index is 5.72. The Morgan fingerprint density at radius 3 is 3.00 bits per heavy atom.